The monoisotopic (exact) mass is 393 g/mol. The molecule has 0 aliphatic heterocycles. The number of carbonyl (C=O) groups excluding carboxylic acids is 1. The number of hydrogen-bond donors (Lipinski definition) is 1. The maximum absolute atomic E-state index is 12.6. The fourth-order valence-corrected chi connectivity index (χ4v) is 4.77. The third-order valence-corrected chi connectivity index (χ3v) is 6.54. The van der Waals surface area contributed by atoms with Crippen LogP contribution >= 0.6 is 23.5 Å². The molecule has 0 atom stereocenters. The number of aromatic nitrogens is 2. The molecule has 1 heterocycles. The zero-order valence-electron chi connectivity index (χ0n) is 13.3. The summed E-state index contributed by atoms with van der Waals surface area (Å²) in [6.07, 6.45) is 1.82. The Labute approximate surface area is 153 Å². The van der Waals surface area contributed by atoms with Gasteiger partial charge in [-0.2, -0.15) is 8.75 Å². The summed E-state index contributed by atoms with van der Waals surface area (Å²) in [7, 11) is -3.62. The highest BCUT2D eigenvalue weighted by molar-refractivity contribution is 7.98. The highest BCUT2D eigenvalue weighted by atomic mass is 32.2. The quantitative estimate of drug-likeness (QED) is 0.647. The van der Waals surface area contributed by atoms with Gasteiger partial charge in [0.2, 0.25) is 5.91 Å². The number of rotatable bonds is 6. The predicted molar refractivity (Wildman–Crippen MR) is 101 cm³/mol. The van der Waals surface area contributed by atoms with Gasteiger partial charge in [0.25, 0.3) is 0 Å². The molecule has 0 spiro atoms. The molecule has 2 aromatic carbocycles. The van der Waals surface area contributed by atoms with Crippen molar-refractivity contribution < 1.29 is 13.2 Å². The summed E-state index contributed by atoms with van der Waals surface area (Å²) in [6.45, 7) is 0. The van der Waals surface area contributed by atoms with Crippen LogP contribution in [0, 0.1) is 0 Å². The lowest BCUT2D eigenvalue weighted by molar-refractivity contribution is -0.115. The van der Waals surface area contributed by atoms with Crippen LogP contribution in [-0.4, -0.2) is 35.1 Å². The summed E-state index contributed by atoms with van der Waals surface area (Å²) in [4.78, 5) is 13.2. The largest absolute Gasteiger partial charge is 0.326 e. The summed E-state index contributed by atoms with van der Waals surface area (Å²) in [5.41, 5.74) is 1.56. The standard InChI is InChI=1S/C16H15N3O3S3/c1-23-12-5-2-4-11(10-12)17-15(20)8-9-25(21,22)14-7-3-6-13-16(14)19-24-18-13/h2-7,10H,8-9H2,1H3,(H,17,20). The molecule has 1 amide bonds. The van der Waals surface area contributed by atoms with Gasteiger partial charge in [0.15, 0.2) is 9.84 Å². The Morgan fingerprint density at radius 1 is 1.20 bits per heavy atom. The van der Waals surface area contributed by atoms with Gasteiger partial charge in [0.1, 0.15) is 11.0 Å². The molecule has 0 radical (unpaired) electrons. The third kappa shape index (κ3) is 4.17. The zero-order chi connectivity index (χ0) is 17.9. The molecule has 9 heteroatoms. The zero-order valence-corrected chi connectivity index (χ0v) is 15.7. The Morgan fingerprint density at radius 3 is 2.80 bits per heavy atom. The molecule has 1 N–H and O–H groups in total. The van der Waals surface area contributed by atoms with Crippen LogP contribution in [0.4, 0.5) is 5.69 Å². The van der Waals surface area contributed by atoms with Gasteiger partial charge in [0.05, 0.1) is 22.4 Å². The Balaban J connectivity index is 1.69. The van der Waals surface area contributed by atoms with E-state index in [-0.39, 0.29) is 23.0 Å². The summed E-state index contributed by atoms with van der Waals surface area (Å²) in [6, 6.07) is 12.2. The van der Waals surface area contributed by atoms with E-state index in [1.54, 1.807) is 30.0 Å². The van der Waals surface area contributed by atoms with E-state index in [0.717, 1.165) is 16.6 Å². The number of nitrogens with zero attached hydrogens (tertiary/aromatic N) is 2. The Morgan fingerprint density at radius 2 is 2.00 bits per heavy atom. The van der Waals surface area contributed by atoms with E-state index in [4.69, 9.17) is 0 Å². The van der Waals surface area contributed by atoms with E-state index in [2.05, 4.69) is 14.1 Å². The van der Waals surface area contributed by atoms with Gasteiger partial charge in [-0.3, -0.25) is 4.79 Å². The van der Waals surface area contributed by atoms with Gasteiger partial charge in [-0.15, -0.1) is 11.8 Å². The summed E-state index contributed by atoms with van der Waals surface area (Å²) >= 11 is 2.53. The van der Waals surface area contributed by atoms with Crippen LogP contribution in [0.15, 0.2) is 52.3 Å². The third-order valence-electron chi connectivity index (χ3n) is 3.54. The van der Waals surface area contributed by atoms with E-state index in [1.807, 2.05) is 24.5 Å². The molecule has 25 heavy (non-hydrogen) atoms. The van der Waals surface area contributed by atoms with E-state index in [1.165, 1.54) is 6.07 Å². The lowest BCUT2D eigenvalue weighted by atomic mass is 10.3. The number of nitrogens with one attached hydrogen (secondary N) is 1. The molecule has 0 aliphatic carbocycles. The fraction of sp³-hybridized carbons (Fsp3) is 0.188. The minimum absolute atomic E-state index is 0.121. The van der Waals surface area contributed by atoms with Crippen LogP contribution in [0.1, 0.15) is 6.42 Å². The maximum atomic E-state index is 12.6. The minimum Gasteiger partial charge on any atom is -0.326 e. The van der Waals surface area contributed by atoms with Gasteiger partial charge in [-0.25, -0.2) is 8.42 Å². The Kier molecular flexibility index (Phi) is 5.36. The first-order valence-electron chi connectivity index (χ1n) is 7.37. The predicted octanol–water partition coefficient (Wildman–Crippen LogP) is 3.22. The Hall–Kier alpha value is -1.97. The molecule has 0 unspecified atom stereocenters. The molecule has 0 fully saturated rings. The molecule has 130 valence electrons. The fourth-order valence-electron chi connectivity index (χ4n) is 2.29. The normalized spacial score (nSPS) is 11.6. The number of hydrogen-bond acceptors (Lipinski definition) is 7. The molecule has 6 nitrogen and oxygen atoms in total. The van der Waals surface area contributed by atoms with Crippen LogP contribution in [0.25, 0.3) is 11.0 Å². The molecular formula is C16H15N3O3S3. The van der Waals surface area contributed by atoms with Gasteiger partial charge < -0.3 is 5.32 Å². The summed E-state index contributed by atoms with van der Waals surface area (Å²) in [5.74, 6) is -0.622. The van der Waals surface area contributed by atoms with Crippen LogP contribution in [0.3, 0.4) is 0 Å². The molecule has 1 aromatic heterocycles. The van der Waals surface area contributed by atoms with Crippen LogP contribution < -0.4 is 5.32 Å². The molecule has 3 aromatic rings. The first-order valence-corrected chi connectivity index (χ1v) is 11.0. The van der Waals surface area contributed by atoms with Crippen molar-refractivity contribution in [3.05, 3.63) is 42.5 Å². The second-order valence-corrected chi connectivity index (χ2v) is 8.72. The van der Waals surface area contributed by atoms with Crippen LogP contribution in [-0.2, 0) is 14.6 Å². The number of thioether (sulfide) groups is 1. The summed E-state index contributed by atoms with van der Waals surface area (Å²) in [5, 5.41) is 2.73. The van der Waals surface area contributed by atoms with Crippen molar-refractivity contribution in [2.75, 3.05) is 17.3 Å². The van der Waals surface area contributed by atoms with Gasteiger partial charge in [-0.05, 0) is 36.6 Å². The first kappa shape index (κ1) is 17.8. The lowest BCUT2D eigenvalue weighted by Crippen LogP contribution is -2.17. The number of sulfone groups is 1. The van der Waals surface area contributed by atoms with Crippen molar-refractivity contribution in [3.8, 4) is 0 Å². The van der Waals surface area contributed by atoms with Gasteiger partial charge in [0, 0.05) is 17.0 Å². The number of anilines is 1. The average Bonchev–Trinajstić information content (AvgIpc) is 3.09. The smallest absolute Gasteiger partial charge is 0.225 e. The highest BCUT2D eigenvalue weighted by Crippen LogP contribution is 2.23. The van der Waals surface area contributed by atoms with E-state index >= 15 is 0 Å². The second-order valence-electron chi connectivity index (χ2n) is 5.24. The Bertz CT molecular complexity index is 1020. The van der Waals surface area contributed by atoms with Gasteiger partial charge in [-0.1, -0.05) is 12.1 Å². The number of amides is 1. The lowest BCUT2D eigenvalue weighted by Gasteiger charge is -2.07. The van der Waals surface area contributed by atoms with Crippen molar-refractivity contribution in [2.45, 2.75) is 16.2 Å². The van der Waals surface area contributed by atoms with Crippen molar-refractivity contribution in [3.63, 3.8) is 0 Å². The minimum atomic E-state index is -3.62. The topological polar surface area (TPSA) is 89.0 Å². The molecular weight excluding hydrogens is 378 g/mol. The second kappa shape index (κ2) is 7.51. The van der Waals surface area contributed by atoms with E-state index in [9.17, 15) is 13.2 Å². The number of fused-ring (bicyclic) bond motifs is 1. The van der Waals surface area contributed by atoms with Crippen molar-refractivity contribution >= 4 is 56.0 Å². The van der Waals surface area contributed by atoms with Crippen molar-refractivity contribution in [1.82, 2.24) is 8.75 Å². The maximum Gasteiger partial charge on any atom is 0.225 e. The SMILES string of the molecule is CSc1cccc(NC(=O)CCS(=O)(=O)c2cccc3nsnc23)c1. The van der Waals surface area contributed by atoms with Crippen LogP contribution in [0.2, 0.25) is 0 Å². The van der Waals surface area contributed by atoms with Crippen LogP contribution in [0.5, 0.6) is 0 Å². The molecule has 3 rings (SSSR count). The molecule has 0 saturated carbocycles. The molecule has 0 bridgehead atoms. The summed E-state index contributed by atoms with van der Waals surface area (Å²) < 4.78 is 33.2. The first-order chi connectivity index (χ1) is 12.0. The number of benzene rings is 2. The average molecular weight is 394 g/mol. The highest BCUT2D eigenvalue weighted by Gasteiger charge is 2.21. The number of carbonyl (C=O) groups is 1. The van der Waals surface area contributed by atoms with Gasteiger partial charge >= 0.3 is 0 Å². The molecule has 0 saturated heterocycles. The molecule has 0 aliphatic rings. The van der Waals surface area contributed by atoms with E-state index in [0.29, 0.717) is 16.7 Å². The van der Waals surface area contributed by atoms with E-state index < -0.39 is 9.84 Å². The van der Waals surface area contributed by atoms with Crippen molar-refractivity contribution in [1.29, 1.82) is 0 Å². The van der Waals surface area contributed by atoms with Crippen molar-refractivity contribution in [2.24, 2.45) is 0 Å².